The molecular formula is C26H38N4O. The van der Waals surface area contributed by atoms with Gasteiger partial charge >= 0.3 is 0 Å². The molecule has 0 aliphatic carbocycles. The van der Waals surface area contributed by atoms with Crippen LogP contribution in [0.25, 0.3) is 11.4 Å². The fourth-order valence-corrected chi connectivity index (χ4v) is 4.52. The molecule has 168 valence electrons. The van der Waals surface area contributed by atoms with Crippen molar-refractivity contribution >= 4 is 11.7 Å². The maximum absolute atomic E-state index is 13.0. The lowest BCUT2D eigenvalue weighted by molar-refractivity contribution is -0.136. The summed E-state index contributed by atoms with van der Waals surface area (Å²) < 4.78 is 0. The summed E-state index contributed by atoms with van der Waals surface area (Å²) in [5.74, 6) is 2.34. The van der Waals surface area contributed by atoms with Crippen LogP contribution in [0.3, 0.4) is 0 Å². The van der Waals surface area contributed by atoms with Gasteiger partial charge in [0.15, 0.2) is 5.82 Å². The summed E-state index contributed by atoms with van der Waals surface area (Å²) in [6.45, 7) is 13.9. The van der Waals surface area contributed by atoms with Crippen molar-refractivity contribution in [3.05, 3.63) is 41.1 Å². The standard InChI is InChI=1S/C26H38N4O/c1-6-9-12-21(7-2)26(31)30-16-14-29(15-17-30)25-23(8-3)20(5)27-24(28-25)22-13-10-11-19(4)18-22/h10-11,13,18,21H,6-9,12,14-17H2,1-5H3/t21-/m1/s1. The number of carbonyl (C=O) groups is 1. The van der Waals surface area contributed by atoms with Crippen molar-refractivity contribution < 1.29 is 4.79 Å². The van der Waals surface area contributed by atoms with Gasteiger partial charge in [0.1, 0.15) is 5.82 Å². The van der Waals surface area contributed by atoms with Gasteiger partial charge in [-0.25, -0.2) is 9.97 Å². The molecule has 5 nitrogen and oxygen atoms in total. The fourth-order valence-electron chi connectivity index (χ4n) is 4.52. The van der Waals surface area contributed by atoms with Gasteiger partial charge in [0.05, 0.1) is 0 Å². The van der Waals surface area contributed by atoms with Crippen LogP contribution in [-0.4, -0.2) is 47.0 Å². The van der Waals surface area contributed by atoms with Crippen molar-refractivity contribution in [2.24, 2.45) is 5.92 Å². The highest BCUT2D eigenvalue weighted by atomic mass is 16.2. The van der Waals surface area contributed by atoms with Crippen molar-refractivity contribution in [2.45, 2.75) is 66.7 Å². The van der Waals surface area contributed by atoms with Crippen LogP contribution in [0.4, 0.5) is 5.82 Å². The molecule has 1 amide bonds. The Morgan fingerprint density at radius 3 is 2.42 bits per heavy atom. The number of carbonyl (C=O) groups excluding carboxylic acids is 1. The molecule has 31 heavy (non-hydrogen) atoms. The van der Waals surface area contributed by atoms with E-state index in [4.69, 9.17) is 9.97 Å². The molecule has 1 atom stereocenters. The minimum absolute atomic E-state index is 0.173. The zero-order chi connectivity index (χ0) is 22.4. The Labute approximate surface area is 187 Å². The molecule has 5 heteroatoms. The van der Waals surface area contributed by atoms with Crippen LogP contribution >= 0.6 is 0 Å². The van der Waals surface area contributed by atoms with Crippen molar-refractivity contribution in [1.82, 2.24) is 14.9 Å². The van der Waals surface area contributed by atoms with Gasteiger partial charge in [-0.2, -0.15) is 0 Å². The van der Waals surface area contributed by atoms with Crippen LogP contribution < -0.4 is 4.90 Å². The molecule has 0 radical (unpaired) electrons. The highest BCUT2D eigenvalue weighted by Crippen LogP contribution is 2.27. The number of aromatic nitrogens is 2. The van der Waals surface area contributed by atoms with E-state index >= 15 is 0 Å². The van der Waals surface area contributed by atoms with Crippen molar-refractivity contribution in [1.29, 1.82) is 0 Å². The van der Waals surface area contributed by atoms with Gasteiger partial charge in [-0.15, -0.1) is 0 Å². The van der Waals surface area contributed by atoms with Gasteiger partial charge in [0, 0.05) is 48.9 Å². The highest BCUT2D eigenvalue weighted by Gasteiger charge is 2.28. The number of piperazine rings is 1. The predicted molar refractivity (Wildman–Crippen MR) is 128 cm³/mol. The molecule has 1 aliphatic rings. The van der Waals surface area contributed by atoms with Gasteiger partial charge in [0.2, 0.25) is 5.91 Å². The van der Waals surface area contributed by atoms with E-state index in [0.29, 0.717) is 5.91 Å². The van der Waals surface area contributed by atoms with Gasteiger partial charge in [-0.3, -0.25) is 4.79 Å². The largest absolute Gasteiger partial charge is 0.353 e. The van der Waals surface area contributed by atoms with Crippen molar-refractivity contribution in [3.63, 3.8) is 0 Å². The second-order valence-corrected chi connectivity index (χ2v) is 8.72. The van der Waals surface area contributed by atoms with Gasteiger partial charge in [-0.05, 0) is 39.2 Å². The quantitative estimate of drug-likeness (QED) is 0.587. The third kappa shape index (κ3) is 5.44. The van der Waals surface area contributed by atoms with Crippen LogP contribution in [-0.2, 0) is 11.2 Å². The molecule has 0 saturated carbocycles. The molecule has 0 bridgehead atoms. The predicted octanol–water partition coefficient (Wildman–Crippen LogP) is 5.19. The van der Waals surface area contributed by atoms with E-state index in [1.807, 2.05) is 0 Å². The molecular weight excluding hydrogens is 384 g/mol. The maximum Gasteiger partial charge on any atom is 0.225 e. The Morgan fingerprint density at radius 2 is 1.81 bits per heavy atom. The fraction of sp³-hybridized carbons (Fsp3) is 0.577. The Kier molecular flexibility index (Phi) is 8.05. The summed E-state index contributed by atoms with van der Waals surface area (Å²) in [4.78, 5) is 27.3. The van der Waals surface area contributed by atoms with Crippen molar-refractivity contribution in [2.75, 3.05) is 31.1 Å². The smallest absolute Gasteiger partial charge is 0.225 e. The van der Waals surface area contributed by atoms with Gasteiger partial charge in [-0.1, -0.05) is 57.4 Å². The summed E-state index contributed by atoms with van der Waals surface area (Å²) in [5.41, 5.74) is 4.53. The summed E-state index contributed by atoms with van der Waals surface area (Å²) in [6, 6.07) is 8.37. The molecule has 2 heterocycles. The number of aryl methyl sites for hydroxylation is 2. The van der Waals surface area contributed by atoms with Crippen LogP contribution in [0.15, 0.2) is 24.3 Å². The second-order valence-electron chi connectivity index (χ2n) is 8.72. The molecule has 1 aromatic carbocycles. The Morgan fingerprint density at radius 1 is 1.06 bits per heavy atom. The summed E-state index contributed by atoms with van der Waals surface area (Å²) >= 11 is 0. The number of unbranched alkanes of at least 4 members (excludes halogenated alkanes) is 1. The summed E-state index contributed by atoms with van der Waals surface area (Å²) in [7, 11) is 0. The second kappa shape index (κ2) is 10.7. The van der Waals surface area contributed by atoms with Crippen LogP contribution in [0.2, 0.25) is 0 Å². The molecule has 1 aromatic heterocycles. The van der Waals surface area contributed by atoms with E-state index in [1.54, 1.807) is 0 Å². The zero-order valence-corrected chi connectivity index (χ0v) is 19.9. The number of anilines is 1. The number of amides is 1. The van der Waals surface area contributed by atoms with E-state index < -0.39 is 0 Å². The molecule has 0 spiro atoms. The number of hydrogen-bond acceptors (Lipinski definition) is 4. The van der Waals surface area contributed by atoms with E-state index in [-0.39, 0.29) is 5.92 Å². The van der Waals surface area contributed by atoms with Crippen LogP contribution in [0, 0.1) is 19.8 Å². The molecule has 1 saturated heterocycles. The molecule has 0 unspecified atom stereocenters. The molecule has 0 N–H and O–H groups in total. The minimum atomic E-state index is 0.173. The lowest BCUT2D eigenvalue weighted by Gasteiger charge is -2.38. The topological polar surface area (TPSA) is 49.3 Å². The minimum Gasteiger partial charge on any atom is -0.353 e. The Balaban J connectivity index is 1.78. The van der Waals surface area contributed by atoms with E-state index in [1.165, 1.54) is 11.1 Å². The molecule has 1 aliphatic heterocycles. The number of rotatable bonds is 8. The first-order valence-electron chi connectivity index (χ1n) is 12.0. The summed E-state index contributed by atoms with van der Waals surface area (Å²) in [6.07, 6.45) is 5.13. The van der Waals surface area contributed by atoms with Crippen LogP contribution in [0.1, 0.15) is 63.3 Å². The van der Waals surface area contributed by atoms with E-state index in [9.17, 15) is 4.79 Å². The number of hydrogen-bond donors (Lipinski definition) is 0. The number of nitrogens with zero attached hydrogens (tertiary/aromatic N) is 4. The Bertz CT molecular complexity index is 887. The monoisotopic (exact) mass is 422 g/mol. The molecule has 1 fully saturated rings. The number of benzene rings is 1. The summed E-state index contributed by atoms with van der Waals surface area (Å²) in [5, 5.41) is 0. The van der Waals surface area contributed by atoms with Gasteiger partial charge in [0.25, 0.3) is 0 Å². The average molecular weight is 423 g/mol. The molecule has 2 aromatic rings. The molecule has 3 rings (SSSR count). The van der Waals surface area contributed by atoms with Gasteiger partial charge < -0.3 is 9.80 Å². The Hall–Kier alpha value is -2.43. The average Bonchev–Trinajstić information content (AvgIpc) is 2.79. The van der Waals surface area contributed by atoms with E-state index in [0.717, 1.165) is 81.2 Å². The lowest BCUT2D eigenvalue weighted by Crippen LogP contribution is -2.51. The first-order valence-corrected chi connectivity index (χ1v) is 12.0. The zero-order valence-electron chi connectivity index (χ0n) is 19.9. The van der Waals surface area contributed by atoms with Crippen LogP contribution in [0.5, 0.6) is 0 Å². The third-order valence-corrected chi connectivity index (χ3v) is 6.46. The SMILES string of the molecule is CCCC[C@@H](CC)C(=O)N1CCN(c2nc(-c3cccc(C)c3)nc(C)c2CC)CC1. The maximum atomic E-state index is 13.0. The normalized spacial score (nSPS) is 15.3. The lowest BCUT2D eigenvalue weighted by atomic mass is 9.97. The highest BCUT2D eigenvalue weighted by molar-refractivity contribution is 5.79. The van der Waals surface area contributed by atoms with Crippen molar-refractivity contribution in [3.8, 4) is 11.4 Å². The first-order chi connectivity index (χ1) is 15.0. The third-order valence-electron chi connectivity index (χ3n) is 6.46. The van der Waals surface area contributed by atoms with E-state index in [2.05, 4.69) is 68.7 Å². The first kappa shape index (κ1) is 23.2.